The van der Waals surface area contributed by atoms with Crippen molar-refractivity contribution in [2.45, 2.75) is 51.8 Å². The number of rotatable bonds is 6. The summed E-state index contributed by atoms with van der Waals surface area (Å²) in [6, 6.07) is 8.29. The molecule has 1 fully saturated rings. The quantitative estimate of drug-likeness (QED) is 0.819. The molecule has 5 heteroatoms. The zero-order valence-electron chi connectivity index (χ0n) is 13.3. The second kappa shape index (κ2) is 6.92. The third-order valence-electron chi connectivity index (χ3n) is 3.98. The number of hydrogen-bond donors (Lipinski definition) is 0. The van der Waals surface area contributed by atoms with Crippen molar-refractivity contribution in [2.24, 2.45) is 0 Å². The molecule has 0 unspecified atom stereocenters. The highest BCUT2D eigenvalue weighted by atomic mass is 16.5. The lowest BCUT2D eigenvalue weighted by atomic mass is 10.2. The number of hydrogen-bond acceptors (Lipinski definition) is 5. The van der Waals surface area contributed by atoms with E-state index in [1.807, 2.05) is 20.0 Å². The summed E-state index contributed by atoms with van der Waals surface area (Å²) < 4.78 is 11.4. The van der Waals surface area contributed by atoms with Crippen LogP contribution in [0.1, 0.15) is 43.0 Å². The molecule has 1 aromatic heterocycles. The van der Waals surface area contributed by atoms with E-state index in [0.29, 0.717) is 24.4 Å². The number of aryl methyl sites for hydroxylation is 1. The molecule has 3 rings (SSSR count). The lowest BCUT2D eigenvalue weighted by molar-refractivity contribution is 0.201. The van der Waals surface area contributed by atoms with E-state index in [0.717, 1.165) is 12.3 Å². The fourth-order valence-electron chi connectivity index (χ4n) is 2.92. The first-order valence-electron chi connectivity index (χ1n) is 7.93. The fraction of sp³-hybridized carbons (Fsp3) is 0.529. The van der Waals surface area contributed by atoms with Gasteiger partial charge in [-0.25, -0.2) is 0 Å². The van der Waals surface area contributed by atoms with Gasteiger partial charge in [0.25, 0.3) is 0 Å². The molecule has 0 N–H and O–H groups in total. The Morgan fingerprint density at radius 1 is 1.23 bits per heavy atom. The molecule has 5 nitrogen and oxygen atoms in total. The van der Waals surface area contributed by atoms with Crippen LogP contribution in [0.3, 0.4) is 0 Å². The van der Waals surface area contributed by atoms with E-state index in [4.69, 9.17) is 9.26 Å². The average Bonchev–Trinajstić information content (AvgIpc) is 3.13. The van der Waals surface area contributed by atoms with Crippen LogP contribution >= 0.6 is 0 Å². The van der Waals surface area contributed by atoms with E-state index < -0.39 is 0 Å². The monoisotopic (exact) mass is 301 g/mol. The van der Waals surface area contributed by atoms with Gasteiger partial charge in [-0.05, 0) is 45.7 Å². The van der Waals surface area contributed by atoms with Gasteiger partial charge < -0.3 is 9.26 Å². The third-order valence-corrected chi connectivity index (χ3v) is 3.98. The summed E-state index contributed by atoms with van der Waals surface area (Å²) in [5, 5.41) is 3.83. The topological polar surface area (TPSA) is 51.4 Å². The minimum absolute atomic E-state index is 0.380. The van der Waals surface area contributed by atoms with Crippen molar-refractivity contribution in [1.29, 1.82) is 0 Å². The van der Waals surface area contributed by atoms with Gasteiger partial charge in [-0.3, -0.25) is 4.90 Å². The first-order valence-corrected chi connectivity index (χ1v) is 7.93. The van der Waals surface area contributed by atoms with Crippen LogP contribution in [0, 0.1) is 6.92 Å². The van der Waals surface area contributed by atoms with Crippen molar-refractivity contribution in [1.82, 2.24) is 15.0 Å². The molecule has 118 valence electrons. The van der Waals surface area contributed by atoms with Crippen LogP contribution in [0.2, 0.25) is 0 Å². The van der Waals surface area contributed by atoms with Crippen LogP contribution < -0.4 is 4.74 Å². The SMILES string of the molecule is Cc1noc(CN(C)Cc2ccccc2OC2CCCC2)n1. The zero-order chi connectivity index (χ0) is 15.4. The Morgan fingerprint density at radius 3 is 2.73 bits per heavy atom. The van der Waals surface area contributed by atoms with Gasteiger partial charge >= 0.3 is 0 Å². The summed E-state index contributed by atoms with van der Waals surface area (Å²) >= 11 is 0. The normalized spacial score (nSPS) is 15.6. The minimum Gasteiger partial charge on any atom is -0.490 e. The number of nitrogens with zero attached hydrogens (tertiary/aromatic N) is 3. The molecule has 1 aromatic carbocycles. The van der Waals surface area contributed by atoms with Gasteiger partial charge in [0.05, 0.1) is 12.6 Å². The molecule has 1 aliphatic rings. The van der Waals surface area contributed by atoms with Gasteiger partial charge in [-0.15, -0.1) is 0 Å². The van der Waals surface area contributed by atoms with Gasteiger partial charge in [0, 0.05) is 12.1 Å². The van der Waals surface area contributed by atoms with E-state index in [9.17, 15) is 0 Å². The standard InChI is InChI=1S/C17H23N3O2/c1-13-18-17(22-19-13)12-20(2)11-14-7-3-6-10-16(14)21-15-8-4-5-9-15/h3,6-7,10,15H,4-5,8-9,11-12H2,1-2H3. The van der Waals surface area contributed by atoms with Gasteiger partial charge in [0.2, 0.25) is 5.89 Å². The zero-order valence-corrected chi connectivity index (χ0v) is 13.3. The Morgan fingerprint density at radius 2 is 2.00 bits per heavy atom. The summed E-state index contributed by atoms with van der Waals surface area (Å²) in [5.41, 5.74) is 1.20. The molecule has 0 aliphatic heterocycles. The van der Waals surface area contributed by atoms with Crippen molar-refractivity contribution >= 4 is 0 Å². The Kier molecular flexibility index (Phi) is 4.73. The second-order valence-electron chi connectivity index (χ2n) is 6.04. The molecule has 2 aromatic rings. The lowest BCUT2D eigenvalue weighted by Gasteiger charge is -2.20. The van der Waals surface area contributed by atoms with Crippen LogP contribution in [-0.2, 0) is 13.1 Å². The molecule has 0 atom stereocenters. The summed E-state index contributed by atoms with van der Waals surface area (Å²) in [6.45, 7) is 3.26. The molecule has 0 bridgehead atoms. The average molecular weight is 301 g/mol. The molecule has 0 spiro atoms. The molecular formula is C17H23N3O2. The van der Waals surface area contributed by atoms with Crippen molar-refractivity contribution in [3.8, 4) is 5.75 Å². The maximum Gasteiger partial charge on any atom is 0.240 e. The summed E-state index contributed by atoms with van der Waals surface area (Å²) in [6.07, 6.45) is 5.29. The van der Waals surface area contributed by atoms with E-state index >= 15 is 0 Å². The lowest BCUT2D eigenvalue weighted by Crippen LogP contribution is -2.19. The Balaban J connectivity index is 1.63. The second-order valence-corrected chi connectivity index (χ2v) is 6.04. The molecule has 0 saturated heterocycles. The van der Waals surface area contributed by atoms with Crippen molar-refractivity contribution in [3.05, 3.63) is 41.5 Å². The molecule has 1 heterocycles. The molecule has 1 aliphatic carbocycles. The van der Waals surface area contributed by atoms with Crippen molar-refractivity contribution in [2.75, 3.05) is 7.05 Å². The Labute approximate surface area is 131 Å². The van der Waals surface area contributed by atoms with Crippen LogP contribution in [0.5, 0.6) is 5.75 Å². The Bertz CT molecular complexity index is 605. The van der Waals surface area contributed by atoms with Crippen LogP contribution in [0.4, 0.5) is 0 Å². The predicted octanol–water partition coefficient (Wildman–Crippen LogP) is 3.33. The van der Waals surface area contributed by atoms with E-state index in [-0.39, 0.29) is 0 Å². The summed E-state index contributed by atoms with van der Waals surface area (Å²) in [4.78, 5) is 6.40. The van der Waals surface area contributed by atoms with E-state index in [1.54, 1.807) is 0 Å². The van der Waals surface area contributed by atoms with Gasteiger partial charge in [0.15, 0.2) is 5.82 Å². The summed E-state index contributed by atoms with van der Waals surface area (Å²) in [7, 11) is 2.05. The van der Waals surface area contributed by atoms with Crippen molar-refractivity contribution in [3.63, 3.8) is 0 Å². The number of benzene rings is 1. The predicted molar refractivity (Wildman–Crippen MR) is 83.5 cm³/mol. The highest BCUT2D eigenvalue weighted by Gasteiger charge is 2.18. The smallest absolute Gasteiger partial charge is 0.240 e. The highest BCUT2D eigenvalue weighted by molar-refractivity contribution is 5.33. The molecule has 0 radical (unpaired) electrons. The number of aromatic nitrogens is 2. The van der Waals surface area contributed by atoms with Crippen LogP contribution in [-0.4, -0.2) is 28.2 Å². The number of para-hydroxylation sites is 1. The maximum atomic E-state index is 6.18. The third kappa shape index (κ3) is 3.85. The van der Waals surface area contributed by atoms with Crippen LogP contribution in [0.15, 0.2) is 28.8 Å². The maximum absolute atomic E-state index is 6.18. The summed E-state index contributed by atoms with van der Waals surface area (Å²) in [5.74, 6) is 2.32. The Hall–Kier alpha value is -1.88. The molecule has 0 amide bonds. The molecule has 22 heavy (non-hydrogen) atoms. The highest BCUT2D eigenvalue weighted by Crippen LogP contribution is 2.27. The van der Waals surface area contributed by atoms with Crippen LogP contribution in [0.25, 0.3) is 0 Å². The van der Waals surface area contributed by atoms with E-state index in [1.165, 1.54) is 31.2 Å². The van der Waals surface area contributed by atoms with Crippen molar-refractivity contribution < 1.29 is 9.26 Å². The number of ether oxygens (including phenoxy) is 1. The molecular weight excluding hydrogens is 278 g/mol. The molecule has 1 saturated carbocycles. The minimum atomic E-state index is 0.380. The van der Waals surface area contributed by atoms with Gasteiger partial charge in [-0.1, -0.05) is 23.4 Å². The first-order chi connectivity index (χ1) is 10.7. The van der Waals surface area contributed by atoms with Gasteiger partial charge in [0.1, 0.15) is 5.75 Å². The van der Waals surface area contributed by atoms with E-state index in [2.05, 4.69) is 33.2 Å². The largest absolute Gasteiger partial charge is 0.490 e. The fourth-order valence-corrected chi connectivity index (χ4v) is 2.92. The van der Waals surface area contributed by atoms with Gasteiger partial charge in [-0.2, -0.15) is 4.98 Å². The first kappa shape index (κ1) is 15.0.